The first-order valence-corrected chi connectivity index (χ1v) is 8.32. The lowest BCUT2D eigenvalue weighted by Gasteiger charge is -2.22. The Morgan fingerprint density at radius 2 is 1.96 bits per heavy atom. The van der Waals surface area contributed by atoms with Gasteiger partial charge in [0.25, 0.3) is 0 Å². The molecule has 0 saturated carbocycles. The van der Waals surface area contributed by atoms with Crippen LogP contribution in [0.5, 0.6) is 11.5 Å². The van der Waals surface area contributed by atoms with Crippen LogP contribution < -0.4 is 15.2 Å². The van der Waals surface area contributed by atoms with E-state index in [9.17, 15) is 4.79 Å². The van der Waals surface area contributed by atoms with E-state index in [-0.39, 0.29) is 12.5 Å². The number of methoxy groups -OCH3 is 2. The maximum atomic E-state index is 12.0. The van der Waals surface area contributed by atoms with Gasteiger partial charge in [-0.15, -0.1) is 0 Å². The second-order valence-corrected chi connectivity index (χ2v) is 5.87. The predicted octanol–water partition coefficient (Wildman–Crippen LogP) is 2.30. The van der Waals surface area contributed by atoms with Crippen LogP contribution in [0.2, 0.25) is 0 Å². The zero-order valence-corrected chi connectivity index (χ0v) is 14.3. The van der Waals surface area contributed by atoms with Crippen molar-refractivity contribution in [3.8, 4) is 11.5 Å². The summed E-state index contributed by atoms with van der Waals surface area (Å²) in [5, 5.41) is 4.06. The average molecular weight is 334 g/mol. The fraction of sp³-hybridized carbons (Fsp3) is 0.353. The van der Waals surface area contributed by atoms with Crippen molar-refractivity contribution in [2.45, 2.75) is 13.0 Å². The molecule has 2 N–H and O–H groups in total. The fourth-order valence-corrected chi connectivity index (χ4v) is 2.98. The fourth-order valence-electron chi connectivity index (χ4n) is 2.32. The summed E-state index contributed by atoms with van der Waals surface area (Å²) in [5.74, 6) is 1.35. The Kier molecular flexibility index (Phi) is 6.43. The second kappa shape index (κ2) is 8.55. The number of benzene rings is 1. The van der Waals surface area contributed by atoms with Crippen LogP contribution in [0, 0.1) is 0 Å². The van der Waals surface area contributed by atoms with Gasteiger partial charge in [-0.25, -0.2) is 0 Å². The smallest absolute Gasteiger partial charge is 0.236 e. The highest BCUT2D eigenvalue weighted by Gasteiger charge is 2.13. The largest absolute Gasteiger partial charge is 0.493 e. The van der Waals surface area contributed by atoms with Gasteiger partial charge in [0, 0.05) is 13.1 Å². The molecule has 124 valence electrons. The SMILES string of the molecule is COc1ccc(CCN(Cc2ccsc2)C(=O)CN)cc1OC. The molecule has 0 bridgehead atoms. The maximum absolute atomic E-state index is 12.0. The summed E-state index contributed by atoms with van der Waals surface area (Å²) < 4.78 is 10.6. The Labute approximate surface area is 140 Å². The highest BCUT2D eigenvalue weighted by atomic mass is 32.1. The van der Waals surface area contributed by atoms with E-state index >= 15 is 0 Å². The van der Waals surface area contributed by atoms with Crippen LogP contribution in [0.25, 0.3) is 0 Å². The molecule has 1 aromatic heterocycles. The molecule has 2 aromatic rings. The summed E-state index contributed by atoms with van der Waals surface area (Å²) in [7, 11) is 3.22. The summed E-state index contributed by atoms with van der Waals surface area (Å²) >= 11 is 1.62. The number of thiophene rings is 1. The van der Waals surface area contributed by atoms with Gasteiger partial charge in [-0.05, 0) is 46.5 Å². The highest BCUT2D eigenvalue weighted by Crippen LogP contribution is 2.27. The summed E-state index contributed by atoms with van der Waals surface area (Å²) in [6, 6.07) is 7.82. The van der Waals surface area contributed by atoms with Gasteiger partial charge in [-0.3, -0.25) is 4.79 Å². The van der Waals surface area contributed by atoms with Crippen LogP contribution in [-0.2, 0) is 17.8 Å². The Hall–Kier alpha value is -2.05. The number of hydrogen-bond donors (Lipinski definition) is 1. The van der Waals surface area contributed by atoms with Crippen molar-refractivity contribution in [1.82, 2.24) is 4.90 Å². The van der Waals surface area contributed by atoms with Gasteiger partial charge in [0.1, 0.15) is 0 Å². The molecule has 0 atom stereocenters. The van der Waals surface area contributed by atoms with E-state index in [1.165, 1.54) is 0 Å². The van der Waals surface area contributed by atoms with Gasteiger partial charge >= 0.3 is 0 Å². The molecule has 0 unspecified atom stereocenters. The molecule has 1 heterocycles. The molecule has 1 amide bonds. The predicted molar refractivity (Wildman–Crippen MR) is 92.0 cm³/mol. The van der Waals surface area contributed by atoms with Crippen LogP contribution in [0.1, 0.15) is 11.1 Å². The van der Waals surface area contributed by atoms with Crippen LogP contribution in [0.4, 0.5) is 0 Å². The summed E-state index contributed by atoms with van der Waals surface area (Å²) in [5.41, 5.74) is 7.74. The van der Waals surface area contributed by atoms with Gasteiger partial charge in [-0.2, -0.15) is 11.3 Å². The molecule has 23 heavy (non-hydrogen) atoms. The number of hydrogen-bond acceptors (Lipinski definition) is 5. The van der Waals surface area contributed by atoms with E-state index in [2.05, 4.69) is 0 Å². The Morgan fingerprint density at radius 1 is 1.17 bits per heavy atom. The normalized spacial score (nSPS) is 10.4. The second-order valence-electron chi connectivity index (χ2n) is 5.09. The van der Waals surface area contributed by atoms with E-state index < -0.39 is 0 Å². The average Bonchev–Trinajstić information content (AvgIpc) is 3.10. The summed E-state index contributed by atoms with van der Waals surface area (Å²) in [6.45, 7) is 1.23. The third-order valence-corrected chi connectivity index (χ3v) is 4.33. The first-order chi connectivity index (χ1) is 11.2. The van der Waals surface area contributed by atoms with E-state index in [0.717, 1.165) is 17.5 Å². The molecule has 0 aliphatic heterocycles. The Morgan fingerprint density at radius 3 is 2.57 bits per heavy atom. The molecule has 2 rings (SSSR count). The van der Waals surface area contributed by atoms with Gasteiger partial charge in [0.15, 0.2) is 11.5 Å². The number of amides is 1. The third-order valence-electron chi connectivity index (χ3n) is 3.60. The van der Waals surface area contributed by atoms with Crippen molar-refractivity contribution in [3.05, 3.63) is 46.2 Å². The molecular formula is C17H22N2O3S. The Bertz CT molecular complexity index is 629. The van der Waals surface area contributed by atoms with Crippen LogP contribution in [0.3, 0.4) is 0 Å². The van der Waals surface area contributed by atoms with Crippen molar-refractivity contribution < 1.29 is 14.3 Å². The minimum atomic E-state index is -0.0447. The van der Waals surface area contributed by atoms with Crippen molar-refractivity contribution in [2.75, 3.05) is 27.3 Å². The van der Waals surface area contributed by atoms with Crippen LogP contribution >= 0.6 is 11.3 Å². The number of carbonyl (C=O) groups excluding carboxylic acids is 1. The lowest BCUT2D eigenvalue weighted by Crippen LogP contribution is -2.36. The lowest BCUT2D eigenvalue weighted by molar-refractivity contribution is -0.130. The zero-order chi connectivity index (χ0) is 16.7. The van der Waals surface area contributed by atoms with Crippen molar-refractivity contribution >= 4 is 17.2 Å². The molecule has 0 aliphatic carbocycles. The third kappa shape index (κ3) is 4.71. The van der Waals surface area contributed by atoms with Crippen LogP contribution in [-0.4, -0.2) is 38.1 Å². The maximum Gasteiger partial charge on any atom is 0.236 e. The highest BCUT2D eigenvalue weighted by molar-refractivity contribution is 7.07. The molecule has 5 nitrogen and oxygen atoms in total. The monoisotopic (exact) mass is 334 g/mol. The molecule has 0 spiro atoms. The summed E-state index contributed by atoms with van der Waals surface area (Å²) in [6.07, 6.45) is 0.732. The molecule has 1 aromatic carbocycles. The minimum Gasteiger partial charge on any atom is -0.493 e. The summed E-state index contributed by atoms with van der Waals surface area (Å²) in [4.78, 5) is 13.8. The van der Waals surface area contributed by atoms with Crippen molar-refractivity contribution in [1.29, 1.82) is 0 Å². The van der Waals surface area contributed by atoms with Crippen molar-refractivity contribution in [2.24, 2.45) is 5.73 Å². The van der Waals surface area contributed by atoms with Gasteiger partial charge < -0.3 is 20.1 Å². The topological polar surface area (TPSA) is 64.8 Å². The Balaban J connectivity index is 2.04. The van der Waals surface area contributed by atoms with Crippen molar-refractivity contribution in [3.63, 3.8) is 0 Å². The van der Waals surface area contributed by atoms with Crippen LogP contribution in [0.15, 0.2) is 35.0 Å². The number of nitrogens with two attached hydrogens (primary N) is 1. The molecule has 0 aliphatic rings. The number of ether oxygens (including phenoxy) is 2. The van der Waals surface area contributed by atoms with Gasteiger partial charge in [0.2, 0.25) is 5.91 Å². The first-order valence-electron chi connectivity index (χ1n) is 7.37. The number of nitrogens with zero attached hydrogens (tertiary/aromatic N) is 1. The lowest BCUT2D eigenvalue weighted by atomic mass is 10.1. The molecule has 0 fully saturated rings. The van der Waals surface area contributed by atoms with Gasteiger partial charge in [0.05, 0.1) is 20.8 Å². The van der Waals surface area contributed by atoms with E-state index in [1.54, 1.807) is 30.5 Å². The molecule has 0 saturated heterocycles. The van der Waals surface area contributed by atoms with E-state index in [1.807, 2.05) is 35.0 Å². The van der Waals surface area contributed by atoms with E-state index in [0.29, 0.717) is 24.6 Å². The zero-order valence-electron chi connectivity index (χ0n) is 13.5. The van der Waals surface area contributed by atoms with Gasteiger partial charge in [-0.1, -0.05) is 6.07 Å². The molecule has 0 radical (unpaired) electrons. The molecule has 6 heteroatoms. The standard InChI is InChI=1S/C17H22N2O3S/c1-21-15-4-3-13(9-16(15)22-2)5-7-19(17(20)10-18)11-14-6-8-23-12-14/h3-4,6,8-9,12H,5,7,10-11,18H2,1-2H3. The number of rotatable bonds is 8. The quantitative estimate of drug-likeness (QED) is 0.804. The molecular weight excluding hydrogens is 312 g/mol. The van der Waals surface area contributed by atoms with E-state index in [4.69, 9.17) is 15.2 Å². The first kappa shape index (κ1) is 17.3. The minimum absolute atomic E-state index is 0.0239. The number of carbonyl (C=O) groups is 1.